The predicted octanol–water partition coefficient (Wildman–Crippen LogP) is 1.62. The third kappa shape index (κ3) is 0.391. The Bertz CT molecular complexity index is 232. The Kier molecular flexibility index (Phi) is 0.676. The lowest BCUT2D eigenvalue weighted by Gasteiger charge is -1.64. The van der Waals surface area contributed by atoms with Gasteiger partial charge in [0.15, 0.2) is 0 Å². The number of hydrogen-bond acceptors (Lipinski definition) is 2. The molecule has 2 heterocycles. The highest BCUT2D eigenvalue weighted by atomic mass is 32.1. The largest absolute Gasteiger partial charge is 0.352 e. The molecule has 0 saturated carbocycles. The summed E-state index contributed by atoms with van der Waals surface area (Å²) in [5.74, 6) is 0. The Labute approximate surface area is 50.3 Å². The summed E-state index contributed by atoms with van der Waals surface area (Å²) in [4.78, 5) is 4.21. The van der Waals surface area contributed by atoms with Crippen molar-refractivity contribution in [3.8, 4) is 0 Å². The first-order chi connectivity index (χ1) is 3.97. The average molecular weight is 124 g/mol. The molecule has 2 rings (SSSR count). The van der Waals surface area contributed by atoms with Crippen LogP contribution >= 0.6 is 11.5 Å². The van der Waals surface area contributed by atoms with Crippen LogP contribution in [0.3, 0.4) is 0 Å². The molecule has 2 nitrogen and oxygen atoms in total. The number of rotatable bonds is 0. The second-order valence-corrected chi connectivity index (χ2v) is 2.39. The monoisotopic (exact) mass is 124 g/mol. The zero-order chi connectivity index (χ0) is 5.40. The van der Waals surface area contributed by atoms with Crippen molar-refractivity contribution in [2.24, 2.45) is 0 Å². The molecule has 0 saturated heterocycles. The van der Waals surface area contributed by atoms with Gasteiger partial charge in [0, 0.05) is 11.6 Å². The van der Waals surface area contributed by atoms with E-state index < -0.39 is 0 Å². The van der Waals surface area contributed by atoms with Crippen LogP contribution in [0.2, 0.25) is 0 Å². The van der Waals surface area contributed by atoms with Gasteiger partial charge >= 0.3 is 0 Å². The Hall–Kier alpha value is -0.830. The highest BCUT2D eigenvalue weighted by molar-refractivity contribution is 7.12. The van der Waals surface area contributed by atoms with Crippen molar-refractivity contribution < 1.29 is 0 Å². The van der Waals surface area contributed by atoms with Crippen molar-refractivity contribution in [3.05, 3.63) is 18.5 Å². The molecule has 0 bridgehead atoms. The van der Waals surface area contributed by atoms with Crippen molar-refractivity contribution >= 4 is 21.7 Å². The summed E-state index contributed by atoms with van der Waals surface area (Å²) < 4.78 is 3.97. The highest BCUT2D eigenvalue weighted by Gasteiger charge is 1.91. The Morgan fingerprint density at radius 3 is 3.50 bits per heavy atom. The number of H-pyrrole nitrogens is 1. The van der Waals surface area contributed by atoms with Gasteiger partial charge in [0.1, 0.15) is 4.83 Å². The molecule has 3 heteroatoms. The SMILES string of the molecule is c1cc2cnsc2[nH]1. The van der Waals surface area contributed by atoms with Crippen LogP contribution in [0.5, 0.6) is 0 Å². The van der Waals surface area contributed by atoms with Crippen LogP contribution < -0.4 is 0 Å². The second kappa shape index (κ2) is 1.32. The van der Waals surface area contributed by atoms with Crippen LogP contribution in [-0.4, -0.2) is 9.36 Å². The summed E-state index contributed by atoms with van der Waals surface area (Å²) in [6.45, 7) is 0. The number of fused-ring (bicyclic) bond motifs is 1. The summed E-state index contributed by atoms with van der Waals surface area (Å²) in [5, 5.41) is 1.20. The van der Waals surface area contributed by atoms with Gasteiger partial charge in [-0.2, -0.15) is 4.37 Å². The third-order valence-corrected chi connectivity index (χ3v) is 1.82. The Morgan fingerprint density at radius 1 is 1.62 bits per heavy atom. The first-order valence-corrected chi connectivity index (χ1v) is 3.12. The fourth-order valence-corrected chi connectivity index (χ4v) is 1.30. The molecule has 8 heavy (non-hydrogen) atoms. The first kappa shape index (κ1) is 4.09. The first-order valence-electron chi connectivity index (χ1n) is 2.34. The van der Waals surface area contributed by atoms with Crippen molar-refractivity contribution in [1.82, 2.24) is 9.36 Å². The van der Waals surface area contributed by atoms with Crippen LogP contribution in [0.25, 0.3) is 10.2 Å². The van der Waals surface area contributed by atoms with E-state index in [-0.39, 0.29) is 0 Å². The Morgan fingerprint density at radius 2 is 2.62 bits per heavy atom. The van der Waals surface area contributed by atoms with Crippen LogP contribution in [0.4, 0.5) is 0 Å². The summed E-state index contributed by atoms with van der Waals surface area (Å²) in [5.41, 5.74) is 0. The Balaban J connectivity index is 3.06. The molecule has 0 aliphatic heterocycles. The van der Waals surface area contributed by atoms with E-state index in [4.69, 9.17) is 0 Å². The molecule has 0 spiro atoms. The molecule has 0 unspecified atom stereocenters. The molecule has 0 aliphatic rings. The van der Waals surface area contributed by atoms with E-state index in [1.807, 2.05) is 18.5 Å². The van der Waals surface area contributed by atoms with Crippen LogP contribution in [0, 0.1) is 0 Å². The maximum atomic E-state index is 3.97. The molecule has 0 amide bonds. The van der Waals surface area contributed by atoms with E-state index in [9.17, 15) is 0 Å². The van der Waals surface area contributed by atoms with Gasteiger partial charge in [-0.15, -0.1) is 0 Å². The molecule has 0 aliphatic carbocycles. The van der Waals surface area contributed by atoms with E-state index in [2.05, 4.69) is 9.36 Å². The molecular weight excluding hydrogens is 120 g/mol. The van der Waals surface area contributed by atoms with E-state index in [1.54, 1.807) is 0 Å². The average Bonchev–Trinajstić information content (AvgIpc) is 2.15. The van der Waals surface area contributed by atoms with Gasteiger partial charge in [0.2, 0.25) is 0 Å². The summed E-state index contributed by atoms with van der Waals surface area (Å²) in [7, 11) is 0. The van der Waals surface area contributed by atoms with Crippen molar-refractivity contribution in [2.45, 2.75) is 0 Å². The second-order valence-electron chi connectivity index (χ2n) is 1.59. The minimum absolute atomic E-state index is 1.16. The molecule has 0 aromatic carbocycles. The zero-order valence-electron chi connectivity index (χ0n) is 4.09. The minimum atomic E-state index is 1.16. The van der Waals surface area contributed by atoms with Crippen LogP contribution in [0.1, 0.15) is 0 Å². The summed E-state index contributed by atoms with van der Waals surface area (Å²) >= 11 is 1.49. The van der Waals surface area contributed by atoms with E-state index in [0.717, 1.165) is 4.83 Å². The number of nitrogens with one attached hydrogen (secondary N) is 1. The van der Waals surface area contributed by atoms with Gasteiger partial charge in [-0.3, -0.25) is 0 Å². The highest BCUT2D eigenvalue weighted by Crippen LogP contribution is 2.13. The molecule has 2 aromatic rings. The predicted molar refractivity (Wildman–Crippen MR) is 34.0 cm³/mol. The van der Waals surface area contributed by atoms with Gasteiger partial charge in [-0.25, -0.2) is 0 Å². The van der Waals surface area contributed by atoms with Crippen molar-refractivity contribution in [2.75, 3.05) is 0 Å². The van der Waals surface area contributed by atoms with Crippen molar-refractivity contribution in [3.63, 3.8) is 0 Å². The number of aromatic nitrogens is 2. The molecule has 1 N–H and O–H groups in total. The summed E-state index contributed by atoms with van der Waals surface area (Å²) in [6, 6.07) is 2.01. The third-order valence-electron chi connectivity index (χ3n) is 1.08. The molecule has 40 valence electrons. The van der Waals surface area contributed by atoms with Gasteiger partial charge in [-0.1, -0.05) is 0 Å². The molecule has 0 atom stereocenters. The van der Waals surface area contributed by atoms with E-state index >= 15 is 0 Å². The van der Waals surface area contributed by atoms with Gasteiger partial charge in [-0.05, 0) is 17.6 Å². The molecule has 2 aromatic heterocycles. The van der Waals surface area contributed by atoms with Gasteiger partial charge in [0.05, 0.1) is 6.20 Å². The lowest BCUT2D eigenvalue weighted by molar-refractivity contribution is 1.50. The normalized spacial score (nSPS) is 10.5. The van der Waals surface area contributed by atoms with E-state index in [0.29, 0.717) is 0 Å². The lowest BCUT2D eigenvalue weighted by atomic mass is 10.5. The van der Waals surface area contributed by atoms with Crippen LogP contribution in [0.15, 0.2) is 18.5 Å². The molecule has 0 radical (unpaired) electrons. The number of aromatic amines is 1. The van der Waals surface area contributed by atoms with Crippen LogP contribution in [-0.2, 0) is 0 Å². The standard InChI is InChI=1S/C5H4N2S/c1-2-6-5-4(1)3-7-8-5/h1-3,6H. The number of hydrogen-bond donors (Lipinski definition) is 1. The van der Waals surface area contributed by atoms with Gasteiger partial charge in [0.25, 0.3) is 0 Å². The quantitative estimate of drug-likeness (QED) is 0.568. The maximum Gasteiger partial charge on any atom is 0.120 e. The number of nitrogens with zero attached hydrogens (tertiary/aromatic N) is 1. The topological polar surface area (TPSA) is 28.7 Å². The molecule has 0 fully saturated rings. The zero-order valence-corrected chi connectivity index (χ0v) is 4.90. The van der Waals surface area contributed by atoms with Gasteiger partial charge < -0.3 is 4.98 Å². The smallest absolute Gasteiger partial charge is 0.120 e. The lowest BCUT2D eigenvalue weighted by Crippen LogP contribution is -1.46. The minimum Gasteiger partial charge on any atom is -0.352 e. The fraction of sp³-hybridized carbons (Fsp3) is 0. The summed E-state index contributed by atoms with van der Waals surface area (Å²) in [6.07, 6.45) is 3.78. The molecular formula is C5H4N2S. The van der Waals surface area contributed by atoms with Crippen molar-refractivity contribution in [1.29, 1.82) is 0 Å². The fourth-order valence-electron chi connectivity index (χ4n) is 0.683. The maximum absolute atomic E-state index is 3.97. The van der Waals surface area contributed by atoms with E-state index in [1.165, 1.54) is 16.9 Å².